The molecule has 1 aromatic rings. The fraction of sp³-hybridized carbons (Fsp3) is 0.444. The summed E-state index contributed by atoms with van der Waals surface area (Å²) in [6, 6.07) is 1.66. The number of hydrogen-bond donors (Lipinski definition) is 3. The summed E-state index contributed by atoms with van der Waals surface area (Å²) in [6.45, 7) is 1.90. The molecule has 7 nitrogen and oxygen atoms in total. The molecular formula is C18H22BrF3N3O4S+. The summed E-state index contributed by atoms with van der Waals surface area (Å²) in [5.41, 5.74) is -0.0745. The van der Waals surface area contributed by atoms with E-state index >= 15 is 0 Å². The van der Waals surface area contributed by atoms with Crippen molar-refractivity contribution in [3.05, 3.63) is 39.5 Å². The molecule has 0 saturated heterocycles. The van der Waals surface area contributed by atoms with E-state index < -0.39 is 38.7 Å². The number of ether oxygens (including phenoxy) is 1. The molecule has 12 heteroatoms. The number of halogens is 4. The zero-order valence-corrected chi connectivity index (χ0v) is 18.5. The lowest BCUT2D eigenvalue weighted by atomic mass is 9.92. The average Bonchev–Trinajstić information content (AvgIpc) is 2.65. The van der Waals surface area contributed by atoms with Crippen molar-refractivity contribution in [2.45, 2.75) is 43.3 Å². The average molecular weight is 513 g/mol. The van der Waals surface area contributed by atoms with Gasteiger partial charge in [0.15, 0.2) is 6.54 Å². The number of allylic oxidation sites excluding steroid dienone is 1. The van der Waals surface area contributed by atoms with E-state index in [4.69, 9.17) is 10.1 Å². The van der Waals surface area contributed by atoms with Gasteiger partial charge in [0.2, 0.25) is 10.0 Å². The van der Waals surface area contributed by atoms with Gasteiger partial charge in [-0.3, -0.25) is 0 Å². The Bertz CT molecular complexity index is 948. The molecule has 4 N–H and O–H groups in total. The lowest BCUT2D eigenvalue weighted by Gasteiger charge is -2.25. The van der Waals surface area contributed by atoms with Crippen molar-refractivity contribution < 1.29 is 36.4 Å². The van der Waals surface area contributed by atoms with Crippen LogP contribution in [-0.4, -0.2) is 39.8 Å². The van der Waals surface area contributed by atoms with Crippen LogP contribution < -0.4 is 10.0 Å². The second kappa shape index (κ2) is 10.0. The molecule has 0 saturated carbocycles. The first-order chi connectivity index (χ1) is 14.0. The molecule has 1 aliphatic carbocycles. The second-order valence-corrected chi connectivity index (χ2v) is 9.21. The first-order valence-electron chi connectivity index (χ1n) is 9.10. The lowest BCUT2D eigenvalue weighted by molar-refractivity contribution is -0.600. The number of benzene rings is 1. The number of sulfonamides is 1. The van der Waals surface area contributed by atoms with Gasteiger partial charge in [-0.25, -0.2) is 17.9 Å². The van der Waals surface area contributed by atoms with Crippen LogP contribution in [0.5, 0.6) is 0 Å². The Morgan fingerprint density at radius 1 is 1.40 bits per heavy atom. The van der Waals surface area contributed by atoms with Gasteiger partial charge in [-0.15, -0.1) is 0 Å². The van der Waals surface area contributed by atoms with Crippen LogP contribution in [0.15, 0.2) is 38.8 Å². The van der Waals surface area contributed by atoms with Crippen molar-refractivity contribution >= 4 is 38.1 Å². The van der Waals surface area contributed by atoms with E-state index in [-0.39, 0.29) is 17.6 Å². The van der Waals surface area contributed by atoms with Crippen LogP contribution in [0.25, 0.3) is 0 Å². The summed E-state index contributed by atoms with van der Waals surface area (Å²) < 4.78 is 71.9. The minimum Gasteiger partial charge on any atom is -0.462 e. The van der Waals surface area contributed by atoms with E-state index in [0.717, 1.165) is 18.3 Å². The zero-order chi connectivity index (χ0) is 22.5. The Kier molecular flexibility index (Phi) is 8.20. The molecule has 0 radical (unpaired) electrons. The quantitative estimate of drug-likeness (QED) is 0.366. The van der Waals surface area contributed by atoms with E-state index in [1.54, 1.807) is 12.2 Å². The van der Waals surface area contributed by atoms with E-state index in [2.05, 4.69) is 20.7 Å². The molecule has 0 bridgehead atoms. The molecule has 0 spiro atoms. The predicted molar refractivity (Wildman–Crippen MR) is 106 cm³/mol. The highest BCUT2D eigenvalue weighted by Gasteiger charge is 2.34. The van der Waals surface area contributed by atoms with Crippen LogP contribution in [0.1, 0.15) is 31.7 Å². The van der Waals surface area contributed by atoms with Crippen LogP contribution in [0.4, 0.5) is 13.2 Å². The van der Waals surface area contributed by atoms with Crippen molar-refractivity contribution in [2.24, 2.45) is 0 Å². The van der Waals surface area contributed by atoms with Crippen molar-refractivity contribution in [2.75, 3.05) is 13.2 Å². The van der Waals surface area contributed by atoms with Gasteiger partial charge in [0.1, 0.15) is 5.70 Å². The number of nitrogens with one attached hydrogen (secondary N) is 2. The molecule has 166 valence electrons. The molecule has 0 unspecified atom stereocenters. The topological polar surface area (TPSA) is 113 Å². The number of alkyl halides is 3. The van der Waals surface area contributed by atoms with Gasteiger partial charge in [0.05, 0.1) is 23.1 Å². The SMILES string of the molecule is CCOC(=O)C[NH2+]C1=C(C=N)[C@H](NS(=O)(=O)c2cc(Br)cc(C(F)(F)F)c2)CCC1. The molecular weight excluding hydrogens is 491 g/mol. The van der Waals surface area contributed by atoms with Gasteiger partial charge in [-0.2, -0.15) is 13.2 Å². The zero-order valence-electron chi connectivity index (χ0n) is 16.1. The summed E-state index contributed by atoms with van der Waals surface area (Å²) >= 11 is 2.92. The van der Waals surface area contributed by atoms with Crippen LogP contribution >= 0.6 is 15.9 Å². The van der Waals surface area contributed by atoms with E-state index in [9.17, 15) is 26.4 Å². The Labute approximate surface area is 180 Å². The number of carbonyl (C=O) groups excluding carboxylic acids is 1. The fourth-order valence-corrected chi connectivity index (χ4v) is 5.08. The van der Waals surface area contributed by atoms with Crippen molar-refractivity contribution in [3.8, 4) is 0 Å². The van der Waals surface area contributed by atoms with Crippen molar-refractivity contribution in [3.63, 3.8) is 0 Å². The van der Waals surface area contributed by atoms with Gasteiger partial charge >= 0.3 is 12.1 Å². The number of esters is 1. The first kappa shape index (κ1) is 24.5. The smallest absolute Gasteiger partial charge is 0.416 e. The maximum atomic E-state index is 13.1. The molecule has 1 aliphatic rings. The first-order valence-corrected chi connectivity index (χ1v) is 11.4. The van der Waals surface area contributed by atoms with Gasteiger partial charge in [-0.1, -0.05) is 15.9 Å². The molecule has 0 aromatic heterocycles. The molecule has 0 fully saturated rings. The van der Waals surface area contributed by atoms with Gasteiger partial charge in [0, 0.05) is 22.7 Å². The minimum atomic E-state index is -4.70. The molecule has 1 aromatic carbocycles. The monoisotopic (exact) mass is 512 g/mol. The summed E-state index contributed by atoms with van der Waals surface area (Å²) in [6.07, 6.45) is -2.18. The standard InChI is InChI=1S/C18H21BrF3N3O4S/c1-2-29-17(26)10-24-15-4-3-5-16(14(15)9-23)25-30(27,28)13-7-11(18(20,21)22)6-12(19)8-13/h6-9,16,23-25H,2-5,10H2,1H3/p+1/t16-/m1/s1. The molecule has 1 atom stereocenters. The summed E-state index contributed by atoms with van der Waals surface area (Å²) in [5.74, 6) is -0.439. The van der Waals surface area contributed by atoms with Crippen LogP contribution in [0.2, 0.25) is 0 Å². The summed E-state index contributed by atoms with van der Waals surface area (Å²) in [5, 5.41) is 9.27. The molecule has 2 rings (SSSR count). The third-order valence-electron chi connectivity index (χ3n) is 4.47. The molecule has 0 heterocycles. The highest BCUT2D eigenvalue weighted by molar-refractivity contribution is 9.10. The Hall–Kier alpha value is -1.76. The summed E-state index contributed by atoms with van der Waals surface area (Å²) in [7, 11) is -4.29. The Morgan fingerprint density at radius 2 is 2.10 bits per heavy atom. The van der Waals surface area contributed by atoms with Crippen LogP contribution in [0.3, 0.4) is 0 Å². The number of hydrogen-bond acceptors (Lipinski definition) is 5. The Balaban J connectivity index is 2.29. The van der Waals surface area contributed by atoms with Crippen LogP contribution in [0, 0.1) is 5.41 Å². The highest BCUT2D eigenvalue weighted by Crippen LogP contribution is 2.33. The number of quaternary nitrogens is 1. The van der Waals surface area contributed by atoms with Crippen LogP contribution in [-0.2, 0) is 25.7 Å². The minimum absolute atomic E-state index is 0.0133. The molecule has 0 amide bonds. The van der Waals surface area contributed by atoms with Gasteiger partial charge in [0.25, 0.3) is 0 Å². The highest BCUT2D eigenvalue weighted by atomic mass is 79.9. The largest absolute Gasteiger partial charge is 0.462 e. The fourth-order valence-electron chi connectivity index (χ4n) is 3.12. The van der Waals surface area contributed by atoms with E-state index in [1.807, 2.05) is 0 Å². The summed E-state index contributed by atoms with van der Waals surface area (Å²) in [4.78, 5) is 11.0. The second-order valence-electron chi connectivity index (χ2n) is 6.58. The molecule has 0 aliphatic heterocycles. The number of nitrogens with two attached hydrogens (primary N) is 1. The van der Waals surface area contributed by atoms with Gasteiger partial charge in [-0.05, 0) is 38.0 Å². The normalized spacial score (nSPS) is 17.7. The number of rotatable bonds is 8. The third kappa shape index (κ3) is 6.37. The maximum Gasteiger partial charge on any atom is 0.416 e. The Morgan fingerprint density at radius 3 is 2.70 bits per heavy atom. The van der Waals surface area contributed by atoms with E-state index in [1.165, 1.54) is 0 Å². The predicted octanol–water partition coefficient (Wildman–Crippen LogP) is 2.33. The van der Waals surface area contributed by atoms with Crippen molar-refractivity contribution in [1.29, 1.82) is 5.41 Å². The van der Waals surface area contributed by atoms with E-state index in [0.29, 0.717) is 36.6 Å². The van der Waals surface area contributed by atoms with Crippen molar-refractivity contribution in [1.82, 2.24) is 4.72 Å². The third-order valence-corrected chi connectivity index (χ3v) is 6.38. The molecule has 30 heavy (non-hydrogen) atoms. The lowest BCUT2D eigenvalue weighted by Crippen LogP contribution is -2.85. The maximum absolute atomic E-state index is 13.1. The number of carbonyl (C=O) groups is 1. The van der Waals surface area contributed by atoms with Gasteiger partial charge < -0.3 is 15.5 Å².